The van der Waals surface area contributed by atoms with Gasteiger partial charge in [0.15, 0.2) is 6.10 Å². The standard InChI is InChI=1S/C77H128O6/c1-4-7-10-13-16-19-22-25-27-29-31-33-35-37-38-40-41-43-45-47-49-52-55-58-61-64-67-70-76(79)82-73-74(72-81-75(78)69-66-63-60-57-54-51-24-21-18-15-12-9-6-3)83-77(80)71-68-65-62-59-56-53-50-48-46-44-42-39-36-34-32-30-28-26-23-20-17-14-11-8-5-2/h7,9-10,12,16,18-19,21,25,27,31,33,37-38,41,43,47,49,51,54-55,58,74H,4-6,8,11,13-15,17,20,22-24,26,28-30,32,34-36,39-40,42,44-46,48,50,52-53,56-57,59-73H2,1-3H3/b10-7-,12-9-,19-16-,21-18-,27-25-,33-31-,38-37-,43-41-,49-47-,54-51-,58-55-. The zero-order chi connectivity index (χ0) is 59.9. The maximum Gasteiger partial charge on any atom is 0.306 e. The van der Waals surface area contributed by atoms with Crippen LogP contribution in [0.15, 0.2) is 134 Å². The molecule has 0 radical (unpaired) electrons. The van der Waals surface area contributed by atoms with E-state index in [0.717, 1.165) is 128 Å². The second-order valence-electron chi connectivity index (χ2n) is 22.7. The van der Waals surface area contributed by atoms with Crippen molar-refractivity contribution in [2.24, 2.45) is 0 Å². The quantitative estimate of drug-likeness (QED) is 0.0261. The van der Waals surface area contributed by atoms with Crippen molar-refractivity contribution < 1.29 is 28.6 Å². The number of hydrogen-bond donors (Lipinski definition) is 0. The van der Waals surface area contributed by atoms with Gasteiger partial charge in [0.05, 0.1) is 0 Å². The lowest BCUT2D eigenvalue weighted by molar-refractivity contribution is -0.167. The summed E-state index contributed by atoms with van der Waals surface area (Å²) in [5.41, 5.74) is 0. The third-order valence-corrected chi connectivity index (χ3v) is 14.7. The van der Waals surface area contributed by atoms with Crippen LogP contribution in [-0.4, -0.2) is 37.2 Å². The van der Waals surface area contributed by atoms with Gasteiger partial charge in [-0.2, -0.15) is 0 Å². The van der Waals surface area contributed by atoms with Crippen LogP contribution in [0.1, 0.15) is 316 Å². The first-order valence-electron chi connectivity index (χ1n) is 34.7. The van der Waals surface area contributed by atoms with Crippen molar-refractivity contribution >= 4 is 17.9 Å². The Morgan fingerprint density at radius 3 is 0.759 bits per heavy atom. The molecule has 0 bridgehead atoms. The van der Waals surface area contributed by atoms with Gasteiger partial charge in [-0.1, -0.05) is 315 Å². The molecule has 1 atom stereocenters. The average Bonchev–Trinajstić information content (AvgIpc) is 3.49. The highest BCUT2D eigenvalue weighted by molar-refractivity contribution is 5.71. The van der Waals surface area contributed by atoms with Crippen molar-refractivity contribution in [2.75, 3.05) is 13.2 Å². The van der Waals surface area contributed by atoms with Crippen molar-refractivity contribution in [3.63, 3.8) is 0 Å². The fraction of sp³-hybridized carbons (Fsp3) is 0.675. The highest BCUT2D eigenvalue weighted by atomic mass is 16.6. The molecule has 0 N–H and O–H groups in total. The Labute approximate surface area is 513 Å². The first kappa shape index (κ1) is 78.5. The lowest BCUT2D eigenvalue weighted by atomic mass is 10.0. The largest absolute Gasteiger partial charge is 0.462 e. The minimum Gasteiger partial charge on any atom is -0.462 e. The normalized spacial score (nSPS) is 13.0. The van der Waals surface area contributed by atoms with Gasteiger partial charge in [0.1, 0.15) is 13.2 Å². The minimum absolute atomic E-state index is 0.109. The van der Waals surface area contributed by atoms with Crippen molar-refractivity contribution in [3.8, 4) is 0 Å². The molecule has 0 rings (SSSR count). The van der Waals surface area contributed by atoms with Gasteiger partial charge in [-0.15, -0.1) is 0 Å². The van der Waals surface area contributed by atoms with Crippen LogP contribution >= 0.6 is 0 Å². The molecule has 0 saturated heterocycles. The van der Waals surface area contributed by atoms with Crippen molar-refractivity contribution in [1.29, 1.82) is 0 Å². The van der Waals surface area contributed by atoms with Crippen LogP contribution in [0.2, 0.25) is 0 Å². The molecule has 0 aliphatic carbocycles. The van der Waals surface area contributed by atoms with Crippen LogP contribution in [0, 0.1) is 0 Å². The number of allylic oxidation sites excluding steroid dienone is 22. The SMILES string of the molecule is CC/C=C\C/C=C\C/C=C\C/C=C\C/C=C\C/C=C\C/C=C\C/C=C\CCCCC(=O)OCC(COC(=O)CCCCC/C=C\C/C=C\C/C=C\CC)OC(=O)CCCCCCCCCCCCCCCCCCCCCCCCCCC. The lowest BCUT2D eigenvalue weighted by Gasteiger charge is -2.18. The summed E-state index contributed by atoms with van der Waals surface area (Å²) in [5.74, 6) is -0.972. The third-order valence-electron chi connectivity index (χ3n) is 14.7. The predicted molar refractivity (Wildman–Crippen MR) is 362 cm³/mol. The van der Waals surface area contributed by atoms with Crippen LogP contribution in [-0.2, 0) is 28.6 Å². The summed E-state index contributed by atoms with van der Waals surface area (Å²) in [5, 5.41) is 0. The molecule has 0 aromatic carbocycles. The van der Waals surface area contributed by atoms with Gasteiger partial charge in [0, 0.05) is 19.3 Å². The van der Waals surface area contributed by atoms with E-state index < -0.39 is 6.10 Å². The Morgan fingerprint density at radius 1 is 0.253 bits per heavy atom. The molecule has 0 aromatic heterocycles. The summed E-state index contributed by atoms with van der Waals surface area (Å²) < 4.78 is 16.9. The third kappa shape index (κ3) is 68.2. The highest BCUT2D eigenvalue weighted by Gasteiger charge is 2.19. The molecule has 83 heavy (non-hydrogen) atoms. The van der Waals surface area contributed by atoms with Crippen LogP contribution in [0.5, 0.6) is 0 Å². The molecule has 0 heterocycles. The second-order valence-corrected chi connectivity index (χ2v) is 22.7. The molecular formula is C77H128O6. The summed E-state index contributed by atoms with van der Waals surface area (Å²) in [6.07, 6.45) is 99.2. The number of carbonyl (C=O) groups is 3. The van der Waals surface area contributed by atoms with E-state index in [1.54, 1.807) is 0 Å². The zero-order valence-corrected chi connectivity index (χ0v) is 54.2. The van der Waals surface area contributed by atoms with Gasteiger partial charge in [-0.05, 0) is 116 Å². The Hall–Kier alpha value is -4.45. The van der Waals surface area contributed by atoms with Gasteiger partial charge in [-0.3, -0.25) is 14.4 Å². The fourth-order valence-electron chi connectivity index (χ4n) is 9.53. The molecular weight excluding hydrogens is 1020 g/mol. The van der Waals surface area contributed by atoms with E-state index in [4.69, 9.17) is 14.2 Å². The molecule has 0 aliphatic rings. The molecule has 6 heteroatoms. The number of hydrogen-bond acceptors (Lipinski definition) is 6. The van der Waals surface area contributed by atoms with Gasteiger partial charge < -0.3 is 14.2 Å². The molecule has 0 aromatic rings. The number of carbonyl (C=O) groups excluding carboxylic acids is 3. The molecule has 0 aliphatic heterocycles. The monoisotopic (exact) mass is 1150 g/mol. The Morgan fingerprint density at radius 2 is 0.470 bits per heavy atom. The highest BCUT2D eigenvalue weighted by Crippen LogP contribution is 2.17. The topological polar surface area (TPSA) is 78.9 Å². The number of rotatable bonds is 62. The average molecular weight is 1150 g/mol. The molecule has 1 unspecified atom stereocenters. The van der Waals surface area contributed by atoms with Crippen LogP contribution < -0.4 is 0 Å². The Kier molecular flexibility index (Phi) is 66.3. The predicted octanol–water partition coefficient (Wildman–Crippen LogP) is 24.1. The summed E-state index contributed by atoms with van der Waals surface area (Å²) in [6, 6.07) is 0. The van der Waals surface area contributed by atoms with Gasteiger partial charge in [0.2, 0.25) is 0 Å². The number of ether oxygens (including phenoxy) is 3. The first-order valence-corrected chi connectivity index (χ1v) is 34.7. The summed E-state index contributed by atoms with van der Waals surface area (Å²) in [4.78, 5) is 38.4. The van der Waals surface area contributed by atoms with Crippen molar-refractivity contribution in [1.82, 2.24) is 0 Å². The van der Waals surface area contributed by atoms with Gasteiger partial charge >= 0.3 is 17.9 Å². The van der Waals surface area contributed by atoms with E-state index in [1.807, 2.05) is 0 Å². The minimum atomic E-state index is -0.813. The second kappa shape index (κ2) is 70.0. The zero-order valence-electron chi connectivity index (χ0n) is 54.2. The fourth-order valence-corrected chi connectivity index (χ4v) is 9.53. The molecule has 472 valence electrons. The summed E-state index contributed by atoms with van der Waals surface area (Å²) in [6.45, 7) is 6.38. The van der Waals surface area contributed by atoms with E-state index >= 15 is 0 Å². The molecule has 6 nitrogen and oxygen atoms in total. The van der Waals surface area contributed by atoms with Gasteiger partial charge in [-0.25, -0.2) is 0 Å². The van der Waals surface area contributed by atoms with E-state index in [1.165, 1.54) is 141 Å². The van der Waals surface area contributed by atoms with Crippen LogP contribution in [0.3, 0.4) is 0 Å². The summed E-state index contributed by atoms with van der Waals surface area (Å²) >= 11 is 0. The van der Waals surface area contributed by atoms with Crippen LogP contribution in [0.25, 0.3) is 0 Å². The van der Waals surface area contributed by atoms with E-state index in [-0.39, 0.29) is 31.1 Å². The Balaban J connectivity index is 4.39. The summed E-state index contributed by atoms with van der Waals surface area (Å²) in [7, 11) is 0. The maximum atomic E-state index is 12.9. The lowest BCUT2D eigenvalue weighted by Crippen LogP contribution is -2.30. The number of unbranched alkanes of at least 4 members (excludes halogenated alkanes) is 29. The molecule has 0 saturated carbocycles. The first-order chi connectivity index (χ1) is 41.0. The van der Waals surface area contributed by atoms with E-state index in [2.05, 4.69) is 154 Å². The van der Waals surface area contributed by atoms with E-state index in [9.17, 15) is 14.4 Å². The van der Waals surface area contributed by atoms with Crippen molar-refractivity contribution in [3.05, 3.63) is 134 Å². The molecule has 0 spiro atoms. The maximum absolute atomic E-state index is 12.9. The Bertz CT molecular complexity index is 1750. The van der Waals surface area contributed by atoms with E-state index in [0.29, 0.717) is 25.7 Å². The molecule has 0 amide bonds. The van der Waals surface area contributed by atoms with Crippen LogP contribution in [0.4, 0.5) is 0 Å². The van der Waals surface area contributed by atoms with Gasteiger partial charge in [0.25, 0.3) is 0 Å². The smallest absolute Gasteiger partial charge is 0.306 e. The van der Waals surface area contributed by atoms with Crippen molar-refractivity contribution in [2.45, 2.75) is 322 Å². The number of esters is 3. The molecule has 0 fully saturated rings.